The van der Waals surface area contributed by atoms with E-state index in [-0.39, 0.29) is 0 Å². The second-order valence-corrected chi connectivity index (χ2v) is 8.15. The molecule has 1 aromatic carbocycles. The molecule has 27 heavy (non-hydrogen) atoms. The maximum atomic E-state index is 5.92. The minimum atomic E-state index is 0.342. The van der Waals surface area contributed by atoms with E-state index < -0.39 is 0 Å². The third kappa shape index (κ3) is 5.87. The lowest BCUT2D eigenvalue weighted by Gasteiger charge is -2.29. The summed E-state index contributed by atoms with van der Waals surface area (Å²) in [6.07, 6.45) is 7.12. The molecule has 3 rings (SSSR count). The van der Waals surface area contributed by atoms with Gasteiger partial charge in [-0.3, -0.25) is 0 Å². The molecule has 2 aromatic rings. The zero-order valence-corrected chi connectivity index (χ0v) is 17.3. The molecule has 2 atom stereocenters. The first-order valence-electron chi connectivity index (χ1n) is 9.34. The average Bonchev–Trinajstić information content (AvgIpc) is 3.16. The van der Waals surface area contributed by atoms with Crippen LogP contribution in [0.15, 0.2) is 33.8 Å². The zero-order chi connectivity index (χ0) is 19.1. The summed E-state index contributed by atoms with van der Waals surface area (Å²) in [6.45, 7) is 3.22. The lowest BCUT2D eigenvalue weighted by molar-refractivity contribution is 0.380. The van der Waals surface area contributed by atoms with Crippen LogP contribution in [0.5, 0.6) is 0 Å². The number of nitrogens with one attached hydrogen (secondary N) is 2. The summed E-state index contributed by atoms with van der Waals surface area (Å²) in [7, 11) is 0. The summed E-state index contributed by atoms with van der Waals surface area (Å²) in [4.78, 5) is 9.05. The highest BCUT2D eigenvalue weighted by atomic mass is 35.5. The van der Waals surface area contributed by atoms with Gasteiger partial charge in [-0.05, 0) is 56.7 Å². The van der Waals surface area contributed by atoms with Crippen molar-refractivity contribution in [1.29, 1.82) is 0 Å². The summed E-state index contributed by atoms with van der Waals surface area (Å²) in [5.41, 5.74) is 0.869. The summed E-state index contributed by atoms with van der Waals surface area (Å²) in [5, 5.41) is 12.3. The van der Waals surface area contributed by atoms with Gasteiger partial charge in [0.05, 0.1) is 0 Å². The fraction of sp³-hybridized carbons (Fsp3) is 0.526. The van der Waals surface area contributed by atoms with Gasteiger partial charge in [0.25, 0.3) is 0 Å². The van der Waals surface area contributed by atoms with Crippen LogP contribution in [-0.4, -0.2) is 40.2 Å². The number of halogens is 1. The molecule has 1 fully saturated rings. The Labute approximate surface area is 169 Å². The maximum Gasteiger partial charge on any atom is 0.248 e. The van der Waals surface area contributed by atoms with Gasteiger partial charge in [0.1, 0.15) is 6.54 Å². The van der Waals surface area contributed by atoms with Crippen molar-refractivity contribution in [2.75, 3.05) is 12.8 Å². The fourth-order valence-electron chi connectivity index (χ4n) is 3.19. The number of nitrogens with zero attached hydrogens (tertiary/aromatic N) is 3. The summed E-state index contributed by atoms with van der Waals surface area (Å²) in [5.74, 6) is 1.84. The van der Waals surface area contributed by atoms with Crippen LogP contribution in [0.1, 0.15) is 38.5 Å². The summed E-state index contributed by atoms with van der Waals surface area (Å²) in [6, 6.07) is 7.82. The number of hydrogen-bond donors (Lipinski definition) is 2. The van der Waals surface area contributed by atoms with E-state index in [1.165, 1.54) is 25.7 Å². The van der Waals surface area contributed by atoms with Crippen LogP contribution in [0.2, 0.25) is 5.02 Å². The van der Waals surface area contributed by atoms with E-state index in [9.17, 15) is 0 Å². The molecule has 1 aliphatic carbocycles. The van der Waals surface area contributed by atoms with E-state index in [4.69, 9.17) is 16.1 Å². The van der Waals surface area contributed by atoms with E-state index in [1.54, 1.807) is 0 Å². The number of guanidine groups is 1. The van der Waals surface area contributed by atoms with Crippen molar-refractivity contribution in [2.24, 2.45) is 4.99 Å². The minimum absolute atomic E-state index is 0.342. The number of benzene rings is 1. The quantitative estimate of drug-likeness (QED) is 0.554. The van der Waals surface area contributed by atoms with Crippen molar-refractivity contribution in [2.45, 2.75) is 50.4 Å². The Hall–Kier alpha value is -1.73. The van der Waals surface area contributed by atoms with E-state index in [1.807, 2.05) is 36.0 Å². The second-order valence-electron chi connectivity index (χ2n) is 6.58. The molecule has 1 aliphatic rings. The van der Waals surface area contributed by atoms with E-state index in [2.05, 4.69) is 38.9 Å². The molecule has 0 bridgehead atoms. The molecule has 1 saturated carbocycles. The van der Waals surface area contributed by atoms with Crippen LogP contribution >= 0.6 is 23.4 Å². The Morgan fingerprint density at radius 2 is 2.15 bits per heavy atom. The van der Waals surface area contributed by atoms with Crippen molar-refractivity contribution >= 4 is 29.3 Å². The van der Waals surface area contributed by atoms with Crippen LogP contribution in [-0.2, 0) is 6.54 Å². The molecular formula is C19H26ClN5OS. The maximum absolute atomic E-state index is 5.92. The first-order valence-corrected chi connectivity index (χ1v) is 11.0. The summed E-state index contributed by atoms with van der Waals surface area (Å²) < 4.78 is 5.34. The van der Waals surface area contributed by atoms with Crippen LogP contribution in [0, 0.1) is 0 Å². The minimum Gasteiger partial charge on any atom is -0.357 e. The topological polar surface area (TPSA) is 75.3 Å². The fourth-order valence-corrected chi connectivity index (χ4v) is 4.14. The predicted octanol–water partition coefficient (Wildman–Crippen LogP) is 4.12. The van der Waals surface area contributed by atoms with Crippen LogP contribution in [0.25, 0.3) is 11.4 Å². The smallest absolute Gasteiger partial charge is 0.248 e. The Morgan fingerprint density at radius 3 is 2.89 bits per heavy atom. The van der Waals surface area contributed by atoms with Crippen molar-refractivity contribution in [1.82, 2.24) is 20.8 Å². The third-order valence-corrected chi connectivity index (χ3v) is 5.93. The third-order valence-electron chi connectivity index (χ3n) is 4.59. The molecule has 146 valence electrons. The van der Waals surface area contributed by atoms with Crippen molar-refractivity contribution < 1.29 is 4.52 Å². The molecule has 1 aromatic heterocycles. The first kappa shape index (κ1) is 20.0. The molecule has 0 saturated heterocycles. The van der Waals surface area contributed by atoms with Gasteiger partial charge in [0.15, 0.2) is 5.96 Å². The Kier molecular flexibility index (Phi) is 7.41. The largest absolute Gasteiger partial charge is 0.357 e. The van der Waals surface area contributed by atoms with Crippen LogP contribution < -0.4 is 10.6 Å². The molecule has 2 N–H and O–H groups in total. The van der Waals surface area contributed by atoms with Gasteiger partial charge < -0.3 is 15.2 Å². The lowest BCUT2D eigenvalue weighted by atomic mass is 9.95. The van der Waals surface area contributed by atoms with E-state index in [0.717, 1.165) is 23.3 Å². The lowest BCUT2D eigenvalue weighted by Crippen LogP contribution is -2.45. The first-order chi connectivity index (χ1) is 13.2. The van der Waals surface area contributed by atoms with Gasteiger partial charge in [-0.2, -0.15) is 16.7 Å². The Morgan fingerprint density at radius 1 is 1.33 bits per heavy atom. The predicted molar refractivity (Wildman–Crippen MR) is 112 cm³/mol. The van der Waals surface area contributed by atoms with Gasteiger partial charge in [-0.25, -0.2) is 4.99 Å². The molecule has 0 spiro atoms. The Balaban J connectivity index is 1.62. The molecule has 0 aliphatic heterocycles. The number of aliphatic imine (C=N–C) groups is 1. The molecular weight excluding hydrogens is 382 g/mol. The Bertz CT molecular complexity index is 749. The van der Waals surface area contributed by atoms with Crippen molar-refractivity contribution in [3.8, 4) is 11.4 Å². The molecule has 8 heteroatoms. The average molecular weight is 408 g/mol. The monoisotopic (exact) mass is 407 g/mol. The molecule has 2 unspecified atom stereocenters. The number of hydrogen-bond acceptors (Lipinski definition) is 5. The number of thioether (sulfide) groups is 1. The molecule has 0 amide bonds. The van der Waals surface area contributed by atoms with Crippen LogP contribution in [0.3, 0.4) is 0 Å². The van der Waals surface area contributed by atoms with Crippen LogP contribution in [0.4, 0.5) is 0 Å². The van der Waals surface area contributed by atoms with Gasteiger partial charge in [-0.1, -0.05) is 23.2 Å². The van der Waals surface area contributed by atoms with E-state index in [0.29, 0.717) is 29.3 Å². The van der Waals surface area contributed by atoms with Gasteiger partial charge in [0.2, 0.25) is 11.7 Å². The normalized spacial score (nSPS) is 20.5. The number of rotatable bonds is 6. The second kappa shape index (κ2) is 9.99. The molecule has 6 nitrogen and oxygen atoms in total. The number of aromatic nitrogens is 2. The summed E-state index contributed by atoms with van der Waals surface area (Å²) >= 11 is 7.88. The SMILES string of the molecule is CCNC(=NCc1nc(-c2ccc(Cl)cc2)no1)NC1CCCC(SC)C1. The zero-order valence-electron chi connectivity index (χ0n) is 15.7. The van der Waals surface area contributed by atoms with Gasteiger partial charge in [0, 0.05) is 28.4 Å². The van der Waals surface area contributed by atoms with Gasteiger partial charge >= 0.3 is 0 Å². The highest BCUT2D eigenvalue weighted by Gasteiger charge is 2.22. The van der Waals surface area contributed by atoms with E-state index >= 15 is 0 Å². The highest BCUT2D eigenvalue weighted by molar-refractivity contribution is 7.99. The van der Waals surface area contributed by atoms with Crippen molar-refractivity contribution in [3.63, 3.8) is 0 Å². The van der Waals surface area contributed by atoms with Gasteiger partial charge in [-0.15, -0.1) is 0 Å². The highest BCUT2D eigenvalue weighted by Crippen LogP contribution is 2.26. The molecule has 1 heterocycles. The molecule has 0 radical (unpaired) electrons. The van der Waals surface area contributed by atoms with Crippen molar-refractivity contribution in [3.05, 3.63) is 35.2 Å². The standard InChI is InChI=1S/C19H26ClN5OS/c1-3-21-19(23-15-5-4-6-16(11-15)27-2)22-12-17-24-18(25-26-17)13-7-9-14(20)10-8-13/h7-10,15-16H,3-6,11-12H2,1-2H3,(H2,21,22,23).